The van der Waals surface area contributed by atoms with Crippen LogP contribution >= 0.6 is 0 Å². The second-order valence-electron chi connectivity index (χ2n) is 4.78. The second-order valence-corrected chi connectivity index (χ2v) is 4.78. The van der Waals surface area contributed by atoms with Gasteiger partial charge in [0.1, 0.15) is 0 Å². The third kappa shape index (κ3) is 2.67. The molecule has 1 aromatic heterocycles. The molecule has 0 saturated carbocycles. The molecule has 0 aliphatic carbocycles. The number of rotatable bonds is 3. The molecule has 0 spiro atoms. The van der Waals surface area contributed by atoms with E-state index in [9.17, 15) is 4.79 Å². The number of carbonyl (C=O) groups is 1. The van der Waals surface area contributed by atoms with E-state index in [1.165, 1.54) is 0 Å². The van der Waals surface area contributed by atoms with E-state index in [1.807, 2.05) is 24.8 Å². The molecule has 0 bridgehead atoms. The van der Waals surface area contributed by atoms with Crippen molar-refractivity contribution in [1.82, 2.24) is 20.2 Å². The Bertz CT molecular complexity index is 426. The quantitative estimate of drug-likeness (QED) is 0.866. The van der Waals surface area contributed by atoms with E-state index in [2.05, 4.69) is 15.3 Å². The number of likely N-dealkylation sites (N-methyl/N-ethyl adjacent to an activating group) is 1. The van der Waals surface area contributed by atoms with Crippen LogP contribution in [0.1, 0.15) is 36.1 Å². The van der Waals surface area contributed by atoms with E-state index in [4.69, 9.17) is 0 Å². The minimum Gasteiger partial charge on any atom is -0.331 e. The molecule has 1 atom stereocenters. The van der Waals surface area contributed by atoms with E-state index in [-0.39, 0.29) is 11.9 Å². The van der Waals surface area contributed by atoms with Crippen molar-refractivity contribution < 1.29 is 4.79 Å². The van der Waals surface area contributed by atoms with Gasteiger partial charge in [0, 0.05) is 17.9 Å². The highest BCUT2D eigenvalue weighted by Crippen LogP contribution is 2.29. The van der Waals surface area contributed by atoms with Crippen LogP contribution in [0.15, 0.2) is 6.07 Å². The monoisotopic (exact) mass is 248 g/mol. The van der Waals surface area contributed by atoms with Gasteiger partial charge >= 0.3 is 0 Å². The lowest BCUT2D eigenvalue weighted by atomic mass is 10.2. The van der Waals surface area contributed by atoms with Crippen LogP contribution in [0.5, 0.6) is 0 Å². The summed E-state index contributed by atoms with van der Waals surface area (Å²) in [7, 11) is 1.79. The first-order valence-electron chi connectivity index (χ1n) is 6.38. The molecule has 98 valence electrons. The van der Waals surface area contributed by atoms with E-state index in [0.717, 1.165) is 36.6 Å². The topological polar surface area (TPSA) is 58.1 Å². The molecular formula is C13H20N4O. The lowest BCUT2D eigenvalue weighted by molar-refractivity contribution is -0.131. The molecule has 1 fully saturated rings. The van der Waals surface area contributed by atoms with Crippen LogP contribution in [-0.2, 0) is 4.79 Å². The number of aromatic nitrogens is 2. The fraction of sp³-hybridized carbons (Fsp3) is 0.615. The van der Waals surface area contributed by atoms with Gasteiger partial charge in [0.05, 0.1) is 12.6 Å². The Morgan fingerprint density at radius 1 is 1.44 bits per heavy atom. The molecule has 1 aromatic rings. The van der Waals surface area contributed by atoms with Gasteiger partial charge in [-0.3, -0.25) is 4.79 Å². The van der Waals surface area contributed by atoms with Crippen LogP contribution in [0.4, 0.5) is 0 Å². The Morgan fingerprint density at radius 2 is 2.11 bits per heavy atom. The van der Waals surface area contributed by atoms with Crippen molar-refractivity contribution in [2.75, 3.05) is 20.1 Å². The Labute approximate surface area is 108 Å². The first-order chi connectivity index (χ1) is 8.61. The molecule has 5 heteroatoms. The zero-order valence-corrected chi connectivity index (χ0v) is 11.2. The number of nitrogens with zero attached hydrogens (tertiary/aromatic N) is 3. The van der Waals surface area contributed by atoms with Gasteiger partial charge in [-0.25, -0.2) is 9.97 Å². The second kappa shape index (κ2) is 5.44. The number of amides is 1. The molecule has 1 aliphatic rings. The highest BCUT2D eigenvalue weighted by Gasteiger charge is 2.31. The van der Waals surface area contributed by atoms with Crippen molar-refractivity contribution in [3.8, 4) is 0 Å². The summed E-state index contributed by atoms with van der Waals surface area (Å²) >= 11 is 0. The third-order valence-electron chi connectivity index (χ3n) is 3.20. The zero-order valence-electron chi connectivity index (χ0n) is 11.2. The van der Waals surface area contributed by atoms with E-state index in [1.54, 1.807) is 7.05 Å². The lowest BCUT2D eigenvalue weighted by Crippen LogP contribution is -2.37. The smallest absolute Gasteiger partial charge is 0.237 e. The van der Waals surface area contributed by atoms with Gasteiger partial charge in [0.25, 0.3) is 0 Å². The van der Waals surface area contributed by atoms with Gasteiger partial charge < -0.3 is 10.2 Å². The summed E-state index contributed by atoms with van der Waals surface area (Å²) in [6.45, 7) is 5.11. The number of hydrogen-bond donors (Lipinski definition) is 1. The van der Waals surface area contributed by atoms with Gasteiger partial charge in [0.15, 0.2) is 5.82 Å². The molecule has 1 saturated heterocycles. The normalized spacial score (nSPS) is 19.3. The van der Waals surface area contributed by atoms with E-state index in [0.29, 0.717) is 6.54 Å². The number of likely N-dealkylation sites (tertiary alicyclic amines) is 1. The SMILES string of the molecule is CNCC(=O)N1CCC[C@H]1c1nc(C)cc(C)n1. The van der Waals surface area contributed by atoms with Gasteiger partial charge in [0.2, 0.25) is 5.91 Å². The number of nitrogens with one attached hydrogen (secondary N) is 1. The molecular weight excluding hydrogens is 228 g/mol. The highest BCUT2D eigenvalue weighted by atomic mass is 16.2. The maximum atomic E-state index is 12.0. The molecule has 1 amide bonds. The minimum absolute atomic E-state index is 0.0458. The molecule has 2 heterocycles. The molecule has 0 aromatic carbocycles. The van der Waals surface area contributed by atoms with Gasteiger partial charge in [-0.05, 0) is 39.8 Å². The zero-order chi connectivity index (χ0) is 13.1. The van der Waals surface area contributed by atoms with Crippen LogP contribution in [0.3, 0.4) is 0 Å². The molecule has 5 nitrogen and oxygen atoms in total. The van der Waals surface area contributed by atoms with Crippen molar-refractivity contribution in [1.29, 1.82) is 0 Å². The standard InChI is InChI=1S/C13H20N4O/c1-9-7-10(2)16-13(15-9)11-5-4-6-17(11)12(18)8-14-3/h7,11,14H,4-6,8H2,1-3H3/t11-/m0/s1. The molecule has 1 N–H and O–H groups in total. The summed E-state index contributed by atoms with van der Waals surface area (Å²) in [5, 5.41) is 2.91. The maximum absolute atomic E-state index is 12.0. The Balaban J connectivity index is 2.23. The molecule has 1 aliphatic heterocycles. The Hall–Kier alpha value is -1.49. The van der Waals surface area contributed by atoms with E-state index < -0.39 is 0 Å². The van der Waals surface area contributed by atoms with Crippen molar-refractivity contribution in [2.24, 2.45) is 0 Å². The summed E-state index contributed by atoms with van der Waals surface area (Å²) in [6.07, 6.45) is 1.98. The van der Waals surface area contributed by atoms with Crippen molar-refractivity contribution in [3.63, 3.8) is 0 Å². The summed E-state index contributed by atoms with van der Waals surface area (Å²) in [4.78, 5) is 22.9. The maximum Gasteiger partial charge on any atom is 0.237 e. The summed E-state index contributed by atoms with van der Waals surface area (Å²) in [6, 6.07) is 2.00. The average molecular weight is 248 g/mol. The third-order valence-corrected chi connectivity index (χ3v) is 3.20. The van der Waals surface area contributed by atoms with Crippen LogP contribution in [0.2, 0.25) is 0 Å². The van der Waals surface area contributed by atoms with Crippen molar-refractivity contribution >= 4 is 5.91 Å². The van der Waals surface area contributed by atoms with Gasteiger partial charge in [-0.1, -0.05) is 0 Å². The molecule has 2 rings (SSSR count). The van der Waals surface area contributed by atoms with E-state index >= 15 is 0 Å². The number of aryl methyl sites for hydroxylation is 2. The van der Waals surface area contributed by atoms with Crippen LogP contribution < -0.4 is 5.32 Å². The molecule has 0 radical (unpaired) electrons. The first kappa shape index (κ1) is 13.0. The van der Waals surface area contributed by atoms with Crippen molar-refractivity contribution in [2.45, 2.75) is 32.7 Å². The van der Waals surface area contributed by atoms with Gasteiger partial charge in [-0.2, -0.15) is 0 Å². The van der Waals surface area contributed by atoms with Gasteiger partial charge in [-0.15, -0.1) is 0 Å². The Kier molecular flexibility index (Phi) is 3.91. The number of hydrogen-bond acceptors (Lipinski definition) is 4. The van der Waals surface area contributed by atoms with Crippen LogP contribution in [-0.4, -0.2) is 40.9 Å². The first-order valence-corrected chi connectivity index (χ1v) is 6.38. The molecule has 18 heavy (non-hydrogen) atoms. The summed E-state index contributed by atoms with van der Waals surface area (Å²) < 4.78 is 0. The fourth-order valence-electron chi connectivity index (χ4n) is 2.49. The summed E-state index contributed by atoms with van der Waals surface area (Å²) in [5.74, 6) is 0.914. The number of carbonyl (C=O) groups excluding carboxylic acids is 1. The fourth-order valence-corrected chi connectivity index (χ4v) is 2.49. The Morgan fingerprint density at radius 3 is 2.72 bits per heavy atom. The predicted octanol–water partition coefficient (Wildman–Crippen LogP) is 0.976. The average Bonchev–Trinajstić information content (AvgIpc) is 2.76. The minimum atomic E-state index is 0.0458. The lowest BCUT2D eigenvalue weighted by Gasteiger charge is -2.24. The van der Waals surface area contributed by atoms with Crippen molar-refractivity contribution in [3.05, 3.63) is 23.3 Å². The largest absolute Gasteiger partial charge is 0.331 e. The highest BCUT2D eigenvalue weighted by molar-refractivity contribution is 5.78. The molecule has 0 unspecified atom stereocenters. The summed E-state index contributed by atoms with van der Waals surface area (Å²) in [5.41, 5.74) is 1.93. The van der Waals surface area contributed by atoms with Crippen LogP contribution in [0.25, 0.3) is 0 Å². The van der Waals surface area contributed by atoms with Crippen LogP contribution in [0, 0.1) is 13.8 Å². The predicted molar refractivity (Wildman–Crippen MR) is 69.1 cm³/mol.